The summed E-state index contributed by atoms with van der Waals surface area (Å²) in [6.07, 6.45) is 3.89. The molecule has 0 bridgehead atoms. The molecule has 1 aliphatic rings. The molecule has 1 aliphatic carbocycles. The number of hydrogen-bond acceptors (Lipinski definition) is 2. The maximum absolute atomic E-state index is 2.38. The van der Waals surface area contributed by atoms with Gasteiger partial charge in [-0.15, -0.1) is 11.8 Å². The first-order chi connectivity index (χ1) is 9.92. The first kappa shape index (κ1) is 13.8. The first-order valence-corrected chi connectivity index (χ1v) is 8.80. The highest BCUT2D eigenvalue weighted by Gasteiger charge is 2.21. The molecule has 3 rings (SSSR count). The summed E-state index contributed by atoms with van der Waals surface area (Å²) < 4.78 is 0. The molecule has 0 radical (unpaired) electrons. The van der Waals surface area contributed by atoms with Gasteiger partial charge >= 0.3 is 0 Å². The quantitative estimate of drug-likeness (QED) is 0.634. The number of benzene rings is 2. The van der Waals surface area contributed by atoms with Gasteiger partial charge in [0.15, 0.2) is 0 Å². The van der Waals surface area contributed by atoms with Gasteiger partial charge in [-0.1, -0.05) is 53.7 Å². The van der Waals surface area contributed by atoms with E-state index < -0.39 is 0 Å². The van der Waals surface area contributed by atoms with Gasteiger partial charge in [0.25, 0.3) is 0 Å². The third-order valence-corrected chi connectivity index (χ3v) is 5.79. The van der Waals surface area contributed by atoms with Crippen molar-refractivity contribution in [3.05, 3.63) is 71.6 Å². The fourth-order valence-corrected chi connectivity index (χ4v) is 4.65. The van der Waals surface area contributed by atoms with E-state index in [0.29, 0.717) is 5.25 Å². The lowest BCUT2D eigenvalue weighted by molar-refractivity contribution is 0.893. The van der Waals surface area contributed by atoms with E-state index in [1.165, 1.54) is 29.1 Å². The zero-order valence-corrected chi connectivity index (χ0v) is 13.0. The highest BCUT2D eigenvalue weighted by Crippen LogP contribution is 2.40. The van der Waals surface area contributed by atoms with E-state index >= 15 is 0 Å². The summed E-state index contributed by atoms with van der Waals surface area (Å²) in [5.41, 5.74) is 1.60. The van der Waals surface area contributed by atoms with E-state index in [2.05, 4.69) is 66.1 Å². The van der Waals surface area contributed by atoms with Crippen molar-refractivity contribution in [2.45, 2.75) is 34.3 Å². The number of thioether (sulfide) groups is 2. The Morgan fingerprint density at radius 3 is 2.20 bits per heavy atom. The van der Waals surface area contributed by atoms with Crippen molar-refractivity contribution in [1.82, 2.24) is 0 Å². The molecule has 1 saturated carbocycles. The standard InChI is InChI=1S/C18H18S2/c1-3-9-16(10-4-1)19-14-15-8-7-13-18(15)20-17-11-5-2-6-12-17/h1-6,9-12,14,18H,7-8,13H2/b15-14-. The SMILES string of the molecule is C(/Sc1ccccc1)=C1\CCCC1Sc1ccccc1. The largest absolute Gasteiger partial charge is 0.118 e. The summed E-state index contributed by atoms with van der Waals surface area (Å²) in [6, 6.07) is 21.4. The molecule has 1 atom stereocenters. The molecule has 102 valence electrons. The van der Waals surface area contributed by atoms with Crippen LogP contribution in [0.25, 0.3) is 0 Å². The highest BCUT2D eigenvalue weighted by molar-refractivity contribution is 8.02. The fourth-order valence-electron chi connectivity index (χ4n) is 2.41. The summed E-state index contributed by atoms with van der Waals surface area (Å²) in [6.45, 7) is 0. The van der Waals surface area contributed by atoms with Gasteiger partial charge in [-0.05, 0) is 48.9 Å². The molecule has 2 aromatic rings. The average molecular weight is 298 g/mol. The van der Waals surface area contributed by atoms with Crippen LogP contribution in [-0.4, -0.2) is 5.25 Å². The smallest absolute Gasteiger partial charge is 0.0312 e. The predicted molar refractivity (Wildman–Crippen MR) is 90.3 cm³/mol. The van der Waals surface area contributed by atoms with Crippen molar-refractivity contribution in [2.24, 2.45) is 0 Å². The normalized spacial score (nSPS) is 20.4. The van der Waals surface area contributed by atoms with Gasteiger partial charge < -0.3 is 0 Å². The lowest BCUT2D eigenvalue weighted by Crippen LogP contribution is -1.97. The molecule has 2 heteroatoms. The summed E-state index contributed by atoms with van der Waals surface area (Å²) in [7, 11) is 0. The number of rotatable bonds is 4. The molecule has 1 fully saturated rings. The van der Waals surface area contributed by atoms with Crippen LogP contribution in [0.5, 0.6) is 0 Å². The molecule has 0 N–H and O–H groups in total. The minimum absolute atomic E-state index is 0.661. The van der Waals surface area contributed by atoms with Crippen LogP contribution in [0.2, 0.25) is 0 Å². The van der Waals surface area contributed by atoms with Crippen LogP contribution in [0.1, 0.15) is 19.3 Å². The molecule has 0 spiro atoms. The van der Waals surface area contributed by atoms with Crippen molar-refractivity contribution in [1.29, 1.82) is 0 Å². The average Bonchev–Trinajstić information content (AvgIpc) is 2.94. The monoisotopic (exact) mass is 298 g/mol. The molecule has 0 aliphatic heterocycles. The maximum Gasteiger partial charge on any atom is 0.0312 e. The second kappa shape index (κ2) is 7.05. The third kappa shape index (κ3) is 3.71. The van der Waals surface area contributed by atoms with Gasteiger partial charge in [-0.25, -0.2) is 0 Å². The molecule has 0 amide bonds. The van der Waals surface area contributed by atoms with Crippen molar-refractivity contribution in [3.8, 4) is 0 Å². The highest BCUT2D eigenvalue weighted by atomic mass is 32.2. The van der Waals surface area contributed by atoms with Crippen LogP contribution in [0.15, 0.2) is 81.4 Å². The molecule has 0 nitrogen and oxygen atoms in total. The van der Waals surface area contributed by atoms with Gasteiger partial charge in [0.2, 0.25) is 0 Å². The van der Waals surface area contributed by atoms with E-state index in [0.717, 1.165) is 0 Å². The van der Waals surface area contributed by atoms with Crippen molar-refractivity contribution in [3.63, 3.8) is 0 Å². The summed E-state index contributed by atoms with van der Waals surface area (Å²) >= 11 is 3.87. The molecule has 0 aromatic heterocycles. The van der Waals surface area contributed by atoms with Crippen LogP contribution in [0, 0.1) is 0 Å². The Kier molecular flexibility index (Phi) is 4.88. The van der Waals surface area contributed by atoms with Gasteiger partial charge in [-0.2, -0.15) is 0 Å². The molecule has 1 unspecified atom stereocenters. The van der Waals surface area contributed by atoms with E-state index in [-0.39, 0.29) is 0 Å². The van der Waals surface area contributed by atoms with Crippen LogP contribution in [-0.2, 0) is 0 Å². The first-order valence-electron chi connectivity index (χ1n) is 7.04. The van der Waals surface area contributed by atoms with E-state index in [1.54, 1.807) is 5.57 Å². The molecule has 0 heterocycles. The van der Waals surface area contributed by atoms with Crippen LogP contribution in [0.3, 0.4) is 0 Å². The second-order valence-corrected chi connectivity index (χ2v) is 7.15. The molecule has 20 heavy (non-hydrogen) atoms. The van der Waals surface area contributed by atoms with Gasteiger partial charge in [0, 0.05) is 15.0 Å². The van der Waals surface area contributed by atoms with Crippen molar-refractivity contribution < 1.29 is 0 Å². The Hall–Kier alpha value is -1.12. The summed E-state index contributed by atoms with van der Waals surface area (Å²) in [5.74, 6) is 0. The lowest BCUT2D eigenvalue weighted by Gasteiger charge is -2.11. The second-order valence-electron chi connectivity index (χ2n) is 4.94. The van der Waals surface area contributed by atoms with Gasteiger partial charge in [0.05, 0.1) is 0 Å². The van der Waals surface area contributed by atoms with Crippen LogP contribution in [0.4, 0.5) is 0 Å². The molecule has 2 aromatic carbocycles. The molecular weight excluding hydrogens is 280 g/mol. The summed E-state index contributed by atoms with van der Waals surface area (Å²) in [4.78, 5) is 2.71. The lowest BCUT2D eigenvalue weighted by atomic mass is 10.3. The Morgan fingerprint density at radius 2 is 1.50 bits per heavy atom. The number of hydrogen-bond donors (Lipinski definition) is 0. The van der Waals surface area contributed by atoms with E-state index in [9.17, 15) is 0 Å². The van der Waals surface area contributed by atoms with E-state index in [1.807, 2.05) is 23.5 Å². The fraction of sp³-hybridized carbons (Fsp3) is 0.222. The third-order valence-electron chi connectivity index (χ3n) is 3.46. The zero-order valence-electron chi connectivity index (χ0n) is 11.4. The molecular formula is C18H18S2. The van der Waals surface area contributed by atoms with Crippen molar-refractivity contribution in [2.75, 3.05) is 0 Å². The van der Waals surface area contributed by atoms with Crippen LogP contribution < -0.4 is 0 Å². The minimum atomic E-state index is 0.661. The maximum atomic E-state index is 2.38. The Bertz CT molecular complexity index is 560. The zero-order chi connectivity index (χ0) is 13.6. The predicted octanol–water partition coefficient (Wildman–Crippen LogP) is 6.01. The molecule has 0 saturated heterocycles. The topological polar surface area (TPSA) is 0 Å². The van der Waals surface area contributed by atoms with E-state index in [4.69, 9.17) is 0 Å². The van der Waals surface area contributed by atoms with Crippen molar-refractivity contribution >= 4 is 23.5 Å². The Balaban J connectivity index is 1.66. The van der Waals surface area contributed by atoms with Gasteiger partial charge in [-0.3, -0.25) is 0 Å². The minimum Gasteiger partial charge on any atom is -0.118 e. The Morgan fingerprint density at radius 1 is 0.850 bits per heavy atom. The summed E-state index contributed by atoms with van der Waals surface area (Å²) in [5, 5.41) is 3.04. The Labute approximate surface area is 129 Å². The van der Waals surface area contributed by atoms with Crippen LogP contribution >= 0.6 is 23.5 Å². The van der Waals surface area contributed by atoms with Gasteiger partial charge in [0.1, 0.15) is 0 Å².